The molecule has 1 aromatic carbocycles. The minimum Gasteiger partial charge on any atom is -0.273 e. The molecule has 0 saturated carbocycles. The molecular weight excluding hydrogens is 300 g/mol. The normalized spacial score (nSPS) is 12.0. The van der Waals surface area contributed by atoms with E-state index in [1.54, 1.807) is 10.9 Å². The van der Waals surface area contributed by atoms with Crippen LogP contribution in [0.1, 0.15) is 12.5 Å². The molecule has 0 fully saturated rings. The third-order valence-electron chi connectivity index (χ3n) is 3.00. The van der Waals surface area contributed by atoms with Crippen molar-refractivity contribution in [3.8, 4) is 0 Å². The van der Waals surface area contributed by atoms with Crippen molar-refractivity contribution in [3.63, 3.8) is 0 Å². The molecule has 21 heavy (non-hydrogen) atoms. The molecular formula is C13H15F2N3O2S. The van der Waals surface area contributed by atoms with Gasteiger partial charge in [-0.05, 0) is 25.1 Å². The van der Waals surface area contributed by atoms with E-state index in [4.69, 9.17) is 0 Å². The van der Waals surface area contributed by atoms with Crippen molar-refractivity contribution in [2.75, 3.05) is 7.05 Å². The highest BCUT2D eigenvalue weighted by atomic mass is 32.2. The number of sulfonamides is 1. The fourth-order valence-corrected chi connectivity index (χ4v) is 3.08. The van der Waals surface area contributed by atoms with Crippen LogP contribution in [0.5, 0.6) is 0 Å². The highest BCUT2D eigenvalue weighted by molar-refractivity contribution is 7.89. The molecule has 0 aliphatic rings. The van der Waals surface area contributed by atoms with E-state index in [1.165, 1.54) is 13.2 Å². The van der Waals surface area contributed by atoms with Crippen molar-refractivity contribution in [3.05, 3.63) is 47.8 Å². The second-order valence-corrected chi connectivity index (χ2v) is 6.55. The van der Waals surface area contributed by atoms with E-state index in [2.05, 4.69) is 5.10 Å². The van der Waals surface area contributed by atoms with Crippen LogP contribution in [0, 0.1) is 11.6 Å². The number of nitrogens with zero attached hydrogens (tertiary/aromatic N) is 3. The number of aryl methyl sites for hydroxylation is 1. The van der Waals surface area contributed by atoms with Crippen molar-refractivity contribution in [1.29, 1.82) is 0 Å². The molecule has 1 aromatic heterocycles. The average molecular weight is 315 g/mol. The third kappa shape index (κ3) is 3.27. The number of halogens is 2. The molecule has 0 spiro atoms. The first-order valence-electron chi connectivity index (χ1n) is 6.27. The van der Waals surface area contributed by atoms with Crippen LogP contribution in [0.25, 0.3) is 0 Å². The SMILES string of the molecule is CCn1cc(CN(C)S(=O)(=O)c2cc(F)ccc2F)cn1. The van der Waals surface area contributed by atoms with Crippen molar-refractivity contribution >= 4 is 10.0 Å². The standard InChI is InChI=1S/C13H15F2N3O2S/c1-3-18-9-10(7-16-18)8-17(2)21(19,20)13-6-11(14)4-5-12(13)15/h4-7,9H,3,8H2,1-2H3. The lowest BCUT2D eigenvalue weighted by atomic mass is 10.3. The van der Waals surface area contributed by atoms with E-state index in [9.17, 15) is 17.2 Å². The van der Waals surface area contributed by atoms with Gasteiger partial charge in [-0.15, -0.1) is 0 Å². The van der Waals surface area contributed by atoms with Gasteiger partial charge in [0.25, 0.3) is 0 Å². The van der Waals surface area contributed by atoms with Gasteiger partial charge in [-0.2, -0.15) is 9.40 Å². The van der Waals surface area contributed by atoms with Crippen molar-refractivity contribution in [2.45, 2.75) is 24.9 Å². The molecule has 0 N–H and O–H groups in total. The van der Waals surface area contributed by atoms with Gasteiger partial charge in [0.05, 0.1) is 6.20 Å². The smallest absolute Gasteiger partial charge is 0.246 e. The molecule has 114 valence electrons. The van der Waals surface area contributed by atoms with Gasteiger partial charge >= 0.3 is 0 Å². The zero-order valence-electron chi connectivity index (χ0n) is 11.6. The Morgan fingerprint density at radius 2 is 2.05 bits per heavy atom. The van der Waals surface area contributed by atoms with Crippen LogP contribution in [0.15, 0.2) is 35.5 Å². The number of benzene rings is 1. The summed E-state index contributed by atoms with van der Waals surface area (Å²) in [5.41, 5.74) is 0.666. The summed E-state index contributed by atoms with van der Waals surface area (Å²) in [7, 11) is -2.80. The van der Waals surface area contributed by atoms with Crippen molar-refractivity contribution < 1.29 is 17.2 Å². The molecule has 0 unspecified atom stereocenters. The summed E-state index contributed by atoms with van der Waals surface area (Å²) in [6, 6.07) is 2.35. The van der Waals surface area contributed by atoms with Crippen molar-refractivity contribution in [1.82, 2.24) is 14.1 Å². The highest BCUT2D eigenvalue weighted by Gasteiger charge is 2.25. The van der Waals surface area contributed by atoms with Gasteiger partial charge in [-0.25, -0.2) is 17.2 Å². The van der Waals surface area contributed by atoms with Gasteiger partial charge in [0, 0.05) is 31.9 Å². The second-order valence-electron chi connectivity index (χ2n) is 4.54. The highest BCUT2D eigenvalue weighted by Crippen LogP contribution is 2.20. The topological polar surface area (TPSA) is 55.2 Å². The van der Waals surface area contributed by atoms with Gasteiger partial charge < -0.3 is 0 Å². The molecule has 8 heteroatoms. The number of hydrogen-bond acceptors (Lipinski definition) is 3. The van der Waals surface area contributed by atoms with Crippen LogP contribution in [0.3, 0.4) is 0 Å². The Morgan fingerprint density at radius 3 is 2.67 bits per heavy atom. The Balaban J connectivity index is 2.28. The van der Waals surface area contributed by atoms with Gasteiger partial charge in [0.15, 0.2) is 0 Å². The summed E-state index contributed by atoms with van der Waals surface area (Å²) < 4.78 is 54.0. The number of hydrogen-bond donors (Lipinski definition) is 0. The van der Waals surface area contributed by atoms with Crippen LogP contribution in [-0.2, 0) is 23.1 Å². The minimum absolute atomic E-state index is 0.0261. The lowest BCUT2D eigenvalue weighted by Gasteiger charge is -2.16. The Hall–Kier alpha value is -1.80. The lowest BCUT2D eigenvalue weighted by Crippen LogP contribution is -2.27. The first-order valence-corrected chi connectivity index (χ1v) is 7.71. The molecule has 1 heterocycles. The van der Waals surface area contributed by atoms with Crippen LogP contribution >= 0.6 is 0 Å². The molecule has 5 nitrogen and oxygen atoms in total. The van der Waals surface area contributed by atoms with Gasteiger partial charge in [-0.3, -0.25) is 4.68 Å². The summed E-state index contributed by atoms with van der Waals surface area (Å²) >= 11 is 0. The van der Waals surface area contributed by atoms with E-state index in [0.717, 1.165) is 16.4 Å². The molecule has 2 rings (SSSR count). The molecule has 0 bridgehead atoms. The maximum Gasteiger partial charge on any atom is 0.246 e. The van der Waals surface area contributed by atoms with Gasteiger partial charge in [0.1, 0.15) is 16.5 Å². The Morgan fingerprint density at radius 1 is 1.33 bits per heavy atom. The predicted octanol–water partition coefficient (Wildman–Crippen LogP) is 2.00. The number of rotatable bonds is 5. The lowest BCUT2D eigenvalue weighted by molar-refractivity contribution is 0.458. The summed E-state index contributed by atoms with van der Waals surface area (Å²) in [5.74, 6) is -1.78. The van der Waals surface area contributed by atoms with E-state index < -0.39 is 26.6 Å². The third-order valence-corrected chi connectivity index (χ3v) is 4.82. The zero-order valence-corrected chi connectivity index (χ0v) is 12.4. The van der Waals surface area contributed by atoms with Crippen LogP contribution in [0.4, 0.5) is 8.78 Å². The van der Waals surface area contributed by atoms with Crippen molar-refractivity contribution in [2.24, 2.45) is 0 Å². The van der Waals surface area contributed by atoms with E-state index in [0.29, 0.717) is 18.2 Å². The van der Waals surface area contributed by atoms with Gasteiger partial charge in [0.2, 0.25) is 10.0 Å². The first-order chi connectivity index (χ1) is 9.84. The fourth-order valence-electron chi connectivity index (χ4n) is 1.85. The molecule has 0 atom stereocenters. The Bertz CT molecular complexity index is 744. The average Bonchev–Trinajstić information content (AvgIpc) is 2.89. The second kappa shape index (κ2) is 5.90. The van der Waals surface area contributed by atoms with E-state index in [-0.39, 0.29) is 6.54 Å². The van der Waals surface area contributed by atoms with E-state index in [1.807, 2.05) is 6.92 Å². The Kier molecular flexibility index (Phi) is 4.38. The zero-order chi connectivity index (χ0) is 15.6. The summed E-state index contributed by atoms with van der Waals surface area (Å²) in [6.45, 7) is 2.59. The summed E-state index contributed by atoms with van der Waals surface area (Å²) in [4.78, 5) is -0.673. The van der Waals surface area contributed by atoms with Crippen LogP contribution < -0.4 is 0 Å². The summed E-state index contributed by atoms with van der Waals surface area (Å²) in [6.07, 6.45) is 3.24. The number of aromatic nitrogens is 2. The molecule has 0 radical (unpaired) electrons. The first kappa shape index (κ1) is 15.6. The monoisotopic (exact) mass is 315 g/mol. The van der Waals surface area contributed by atoms with Crippen LogP contribution in [-0.4, -0.2) is 29.6 Å². The molecule has 0 aliphatic carbocycles. The quantitative estimate of drug-likeness (QED) is 0.848. The Labute approximate surface area is 121 Å². The van der Waals surface area contributed by atoms with Crippen LogP contribution in [0.2, 0.25) is 0 Å². The molecule has 0 aliphatic heterocycles. The molecule has 0 amide bonds. The predicted molar refractivity (Wildman–Crippen MR) is 72.9 cm³/mol. The van der Waals surface area contributed by atoms with E-state index >= 15 is 0 Å². The largest absolute Gasteiger partial charge is 0.273 e. The maximum absolute atomic E-state index is 13.6. The molecule has 0 saturated heterocycles. The van der Waals surface area contributed by atoms with Gasteiger partial charge in [-0.1, -0.05) is 0 Å². The fraction of sp³-hybridized carbons (Fsp3) is 0.308. The minimum atomic E-state index is -4.11. The molecule has 2 aromatic rings. The maximum atomic E-state index is 13.6. The summed E-state index contributed by atoms with van der Waals surface area (Å²) in [5, 5.41) is 4.04.